The number of aromatic nitrogens is 1. The summed E-state index contributed by atoms with van der Waals surface area (Å²) in [4.78, 5) is 32.2. The highest BCUT2D eigenvalue weighted by atomic mass is 16.5. The Hall–Kier alpha value is -3.93. The third kappa shape index (κ3) is 4.69. The van der Waals surface area contributed by atoms with Crippen LogP contribution in [0.2, 0.25) is 0 Å². The summed E-state index contributed by atoms with van der Waals surface area (Å²) in [6.45, 7) is 8.44. The first-order valence-corrected chi connectivity index (χ1v) is 11.5. The molecule has 6 nitrogen and oxygen atoms in total. The Morgan fingerprint density at radius 2 is 1.80 bits per heavy atom. The molecule has 6 heteroatoms. The van der Waals surface area contributed by atoms with Gasteiger partial charge in [0.2, 0.25) is 0 Å². The van der Waals surface area contributed by atoms with Crippen LogP contribution < -0.4 is 4.74 Å². The van der Waals surface area contributed by atoms with E-state index in [1.165, 1.54) is 4.90 Å². The predicted octanol–water partition coefficient (Wildman–Crippen LogP) is 5.32. The molecule has 4 rings (SSSR count). The molecule has 0 bridgehead atoms. The molecule has 1 atom stereocenters. The van der Waals surface area contributed by atoms with Gasteiger partial charge in [0.15, 0.2) is 0 Å². The number of ketones is 1. The largest absolute Gasteiger partial charge is 0.507 e. The van der Waals surface area contributed by atoms with E-state index in [0.717, 1.165) is 22.3 Å². The molecular weight excluding hydrogens is 440 g/mol. The van der Waals surface area contributed by atoms with Gasteiger partial charge in [-0.3, -0.25) is 14.6 Å². The Morgan fingerprint density at radius 3 is 2.37 bits per heavy atom. The van der Waals surface area contributed by atoms with E-state index in [1.54, 1.807) is 43.8 Å². The second-order valence-electron chi connectivity index (χ2n) is 9.84. The van der Waals surface area contributed by atoms with Crippen molar-refractivity contribution in [1.29, 1.82) is 0 Å². The number of hydrogen-bond donors (Lipinski definition) is 1. The van der Waals surface area contributed by atoms with Crippen LogP contribution >= 0.6 is 0 Å². The number of aliphatic hydroxyl groups excluding tert-OH is 1. The van der Waals surface area contributed by atoms with Crippen molar-refractivity contribution >= 4 is 17.4 Å². The van der Waals surface area contributed by atoms with Gasteiger partial charge in [0.1, 0.15) is 11.5 Å². The average molecular weight is 471 g/mol. The number of aryl methyl sites for hydroxylation is 1. The molecule has 1 aliphatic heterocycles. The zero-order valence-electron chi connectivity index (χ0n) is 20.7. The van der Waals surface area contributed by atoms with Crippen molar-refractivity contribution < 1.29 is 19.4 Å². The number of methoxy groups -OCH3 is 1. The Balaban J connectivity index is 1.86. The lowest BCUT2D eigenvalue weighted by Crippen LogP contribution is -2.29. The van der Waals surface area contributed by atoms with Crippen LogP contribution in [0.5, 0.6) is 5.75 Å². The fourth-order valence-corrected chi connectivity index (χ4v) is 4.42. The average Bonchev–Trinajstić information content (AvgIpc) is 3.08. The number of hydrogen-bond acceptors (Lipinski definition) is 5. The Morgan fingerprint density at radius 1 is 1.09 bits per heavy atom. The van der Waals surface area contributed by atoms with E-state index in [4.69, 9.17) is 4.74 Å². The smallest absolute Gasteiger partial charge is 0.295 e. The lowest BCUT2D eigenvalue weighted by molar-refractivity contribution is -0.140. The van der Waals surface area contributed by atoms with Crippen LogP contribution in [0, 0.1) is 6.92 Å². The standard InChI is InChI=1S/C29H30N2O4/c1-18-15-21(10-13-23(18)35-5)26(32)24-25(20-8-11-22(12-9-20)29(2,3)4)31(28(34)27(24)33)17-19-7-6-14-30-16-19/h6-16,25,32H,17H2,1-5H3/b26-24+/t25-/m0/s1. The second kappa shape index (κ2) is 9.37. The number of carbonyl (C=O) groups excluding carboxylic acids is 2. The number of nitrogens with zero attached hydrogens (tertiary/aromatic N) is 2. The van der Waals surface area contributed by atoms with E-state index >= 15 is 0 Å². The minimum Gasteiger partial charge on any atom is -0.507 e. The molecule has 35 heavy (non-hydrogen) atoms. The van der Waals surface area contributed by atoms with E-state index in [1.807, 2.05) is 37.3 Å². The topological polar surface area (TPSA) is 79.7 Å². The number of carbonyl (C=O) groups is 2. The van der Waals surface area contributed by atoms with Gasteiger partial charge in [0.25, 0.3) is 11.7 Å². The fraction of sp³-hybridized carbons (Fsp3) is 0.276. The van der Waals surface area contributed by atoms with E-state index in [9.17, 15) is 14.7 Å². The Labute approximate surface area is 205 Å². The van der Waals surface area contributed by atoms with E-state index < -0.39 is 17.7 Å². The van der Waals surface area contributed by atoms with E-state index in [2.05, 4.69) is 25.8 Å². The summed E-state index contributed by atoms with van der Waals surface area (Å²) < 4.78 is 5.32. The molecule has 1 amide bonds. The molecule has 3 aromatic rings. The van der Waals surface area contributed by atoms with Crippen LogP contribution in [0.15, 0.2) is 72.6 Å². The van der Waals surface area contributed by atoms with Gasteiger partial charge in [-0.1, -0.05) is 51.1 Å². The molecule has 2 heterocycles. The van der Waals surface area contributed by atoms with Crippen LogP contribution in [-0.4, -0.2) is 33.8 Å². The van der Waals surface area contributed by atoms with Gasteiger partial charge in [0, 0.05) is 24.5 Å². The molecule has 0 radical (unpaired) electrons. The number of likely N-dealkylation sites (tertiary alicyclic amines) is 1. The lowest BCUT2D eigenvalue weighted by Gasteiger charge is -2.26. The zero-order chi connectivity index (χ0) is 25.3. The van der Waals surface area contributed by atoms with Gasteiger partial charge in [-0.2, -0.15) is 0 Å². The molecule has 0 aliphatic carbocycles. The molecule has 1 aromatic heterocycles. The maximum Gasteiger partial charge on any atom is 0.295 e. The van der Waals surface area contributed by atoms with Crippen molar-refractivity contribution in [3.63, 3.8) is 0 Å². The highest BCUT2D eigenvalue weighted by molar-refractivity contribution is 6.46. The summed E-state index contributed by atoms with van der Waals surface area (Å²) >= 11 is 0. The number of rotatable bonds is 5. The minimum atomic E-state index is -0.730. The predicted molar refractivity (Wildman–Crippen MR) is 135 cm³/mol. The number of ether oxygens (including phenoxy) is 1. The van der Waals surface area contributed by atoms with Crippen molar-refractivity contribution in [3.8, 4) is 5.75 Å². The summed E-state index contributed by atoms with van der Waals surface area (Å²) in [5, 5.41) is 11.3. The number of pyridine rings is 1. The second-order valence-corrected chi connectivity index (χ2v) is 9.84. The Kier molecular flexibility index (Phi) is 6.48. The first kappa shape index (κ1) is 24.2. The highest BCUT2D eigenvalue weighted by Crippen LogP contribution is 2.41. The van der Waals surface area contributed by atoms with Gasteiger partial charge in [-0.05, 0) is 58.9 Å². The summed E-state index contributed by atoms with van der Waals surface area (Å²) in [6.07, 6.45) is 3.33. The zero-order valence-corrected chi connectivity index (χ0v) is 20.7. The molecule has 1 aliphatic rings. The SMILES string of the molecule is COc1ccc(/C(O)=C2\C(=O)C(=O)N(Cc3cccnc3)[C@H]2c2ccc(C(C)(C)C)cc2)cc1C. The molecule has 1 N–H and O–H groups in total. The van der Waals surface area contributed by atoms with Crippen molar-refractivity contribution in [1.82, 2.24) is 9.88 Å². The van der Waals surface area contributed by atoms with Crippen molar-refractivity contribution in [3.05, 3.63) is 100 Å². The van der Waals surface area contributed by atoms with Gasteiger partial charge in [0.05, 0.1) is 18.7 Å². The van der Waals surface area contributed by atoms with Gasteiger partial charge in [-0.25, -0.2) is 0 Å². The molecule has 0 unspecified atom stereocenters. The van der Waals surface area contributed by atoms with Crippen molar-refractivity contribution in [2.75, 3.05) is 7.11 Å². The number of amides is 1. The summed E-state index contributed by atoms with van der Waals surface area (Å²) in [5.74, 6) is -0.879. The van der Waals surface area contributed by atoms with Crippen LogP contribution in [0.25, 0.3) is 5.76 Å². The maximum atomic E-state index is 13.3. The third-order valence-electron chi connectivity index (χ3n) is 6.38. The van der Waals surface area contributed by atoms with Crippen LogP contribution in [0.1, 0.15) is 54.6 Å². The van der Waals surface area contributed by atoms with Crippen LogP contribution in [-0.2, 0) is 21.5 Å². The summed E-state index contributed by atoms with van der Waals surface area (Å²) in [7, 11) is 1.58. The molecule has 1 saturated heterocycles. The first-order chi connectivity index (χ1) is 16.6. The Bertz CT molecular complexity index is 1290. The minimum absolute atomic E-state index is 0.0450. The van der Waals surface area contributed by atoms with Gasteiger partial charge >= 0.3 is 0 Å². The van der Waals surface area contributed by atoms with E-state index in [0.29, 0.717) is 11.3 Å². The lowest BCUT2D eigenvalue weighted by atomic mass is 9.85. The summed E-state index contributed by atoms with van der Waals surface area (Å²) in [5.41, 5.74) is 3.99. The number of benzene rings is 2. The summed E-state index contributed by atoms with van der Waals surface area (Å²) in [6, 6.07) is 16.0. The molecular formula is C29H30N2O4. The fourth-order valence-electron chi connectivity index (χ4n) is 4.42. The van der Waals surface area contributed by atoms with Crippen LogP contribution in [0.3, 0.4) is 0 Å². The molecule has 1 fully saturated rings. The first-order valence-electron chi connectivity index (χ1n) is 11.5. The maximum absolute atomic E-state index is 13.3. The number of Topliss-reactive ketones (excluding diaryl/α,β-unsaturated/α-hetero) is 1. The van der Waals surface area contributed by atoms with Crippen molar-refractivity contribution in [2.24, 2.45) is 0 Å². The normalized spacial score (nSPS) is 17.6. The monoisotopic (exact) mass is 470 g/mol. The molecule has 180 valence electrons. The molecule has 0 spiro atoms. The van der Waals surface area contributed by atoms with E-state index in [-0.39, 0.29) is 23.3 Å². The highest BCUT2D eigenvalue weighted by Gasteiger charge is 2.46. The van der Waals surface area contributed by atoms with Gasteiger partial charge in [-0.15, -0.1) is 0 Å². The third-order valence-corrected chi connectivity index (χ3v) is 6.38. The van der Waals surface area contributed by atoms with Gasteiger partial charge < -0.3 is 14.7 Å². The van der Waals surface area contributed by atoms with Crippen molar-refractivity contribution in [2.45, 2.75) is 45.7 Å². The quantitative estimate of drug-likeness (QED) is 0.310. The molecule has 0 saturated carbocycles. The number of aliphatic hydroxyl groups is 1. The molecule has 2 aromatic carbocycles. The van der Waals surface area contributed by atoms with Crippen LogP contribution in [0.4, 0.5) is 0 Å².